The molecule has 1 N–H and O–H groups in total. The Morgan fingerprint density at radius 1 is 0.950 bits per heavy atom. The van der Waals surface area contributed by atoms with E-state index in [1.165, 1.54) is 0 Å². The molecule has 102 valence electrons. The highest BCUT2D eigenvalue weighted by Crippen LogP contribution is 2.33. The maximum atomic E-state index is 12.7. The smallest absolute Gasteiger partial charge is 0.416 e. The van der Waals surface area contributed by atoms with Crippen molar-refractivity contribution in [3.8, 4) is 11.4 Å². The Hall–Kier alpha value is -2.57. The molecule has 2 aromatic carbocycles. The second-order valence-electron chi connectivity index (χ2n) is 4.18. The van der Waals surface area contributed by atoms with Crippen LogP contribution in [0.25, 0.3) is 16.7 Å². The number of hydrogen-bond donors (Lipinski definition) is 1. The Morgan fingerprint density at radius 2 is 1.55 bits per heavy atom. The van der Waals surface area contributed by atoms with Gasteiger partial charge in [-0.25, -0.2) is 0 Å². The number of phenolic OH excluding ortho intramolecular Hbond substituents is 1. The third kappa shape index (κ3) is 2.07. The summed E-state index contributed by atoms with van der Waals surface area (Å²) in [5, 5.41) is 17.8. The molecular formula is C13H8F3N3O. The lowest BCUT2D eigenvalue weighted by molar-refractivity contribution is -0.137. The molecule has 3 aromatic rings. The van der Waals surface area contributed by atoms with Gasteiger partial charge in [0.05, 0.1) is 5.56 Å². The standard InChI is InChI=1S/C13H8F3N3O/c14-13(15,16)8-5-6-12(20)11(7-8)19-17-9-3-1-2-4-10(9)18-19/h1-7,20H. The number of aromatic hydroxyl groups is 1. The van der Waals surface area contributed by atoms with Crippen molar-refractivity contribution in [1.29, 1.82) is 0 Å². The van der Waals surface area contributed by atoms with Gasteiger partial charge in [-0.1, -0.05) is 12.1 Å². The van der Waals surface area contributed by atoms with Gasteiger partial charge in [0.2, 0.25) is 0 Å². The van der Waals surface area contributed by atoms with Crippen molar-refractivity contribution in [2.24, 2.45) is 0 Å². The van der Waals surface area contributed by atoms with Gasteiger partial charge >= 0.3 is 6.18 Å². The van der Waals surface area contributed by atoms with E-state index in [1.54, 1.807) is 24.3 Å². The summed E-state index contributed by atoms with van der Waals surface area (Å²) < 4.78 is 38.1. The van der Waals surface area contributed by atoms with E-state index in [0.29, 0.717) is 11.0 Å². The quantitative estimate of drug-likeness (QED) is 0.744. The molecule has 0 aliphatic rings. The predicted octanol–water partition coefficient (Wildman–Crippen LogP) is 3.14. The minimum atomic E-state index is -4.49. The monoisotopic (exact) mass is 279 g/mol. The van der Waals surface area contributed by atoms with Gasteiger partial charge in [-0.2, -0.15) is 13.2 Å². The van der Waals surface area contributed by atoms with Gasteiger partial charge in [0.1, 0.15) is 22.5 Å². The molecule has 0 spiro atoms. The van der Waals surface area contributed by atoms with Crippen molar-refractivity contribution < 1.29 is 18.3 Å². The Morgan fingerprint density at radius 3 is 2.10 bits per heavy atom. The number of benzene rings is 2. The van der Waals surface area contributed by atoms with Crippen LogP contribution in [0.2, 0.25) is 0 Å². The fourth-order valence-corrected chi connectivity index (χ4v) is 1.83. The first-order valence-corrected chi connectivity index (χ1v) is 5.68. The van der Waals surface area contributed by atoms with Gasteiger partial charge in [-0.05, 0) is 30.3 Å². The fraction of sp³-hybridized carbons (Fsp3) is 0.0769. The van der Waals surface area contributed by atoms with Crippen molar-refractivity contribution >= 4 is 11.0 Å². The molecule has 0 radical (unpaired) electrons. The molecule has 0 aliphatic carbocycles. The van der Waals surface area contributed by atoms with Crippen LogP contribution in [-0.2, 0) is 6.18 Å². The van der Waals surface area contributed by atoms with E-state index in [9.17, 15) is 18.3 Å². The van der Waals surface area contributed by atoms with Crippen LogP contribution in [0, 0.1) is 0 Å². The normalized spacial score (nSPS) is 11.9. The Balaban J connectivity index is 2.17. The SMILES string of the molecule is Oc1ccc(C(F)(F)F)cc1-n1nc2ccccc2n1. The molecule has 0 atom stereocenters. The lowest BCUT2D eigenvalue weighted by Gasteiger charge is -2.09. The molecule has 0 aliphatic heterocycles. The van der Waals surface area contributed by atoms with Crippen LogP contribution >= 0.6 is 0 Å². The molecule has 0 unspecified atom stereocenters. The summed E-state index contributed by atoms with van der Waals surface area (Å²) in [6.45, 7) is 0. The second kappa shape index (κ2) is 4.22. The molecule has 1 aromatic heterocycles. The van der Waals surface area contributed by atoms with Crippen LogP contribution in [0.3, 0.4) is 0 Å². The fourth-order valence-electron chi connectivity index (χ4n) is 1.83. The molecule has 0 amide bonds. The minimum Gasteiger partial charge on any atom is -0.506 e. The van der Waals surface area contributed by atoms with E-state index in [-0.39, 0.29) is 11.4 Å². The number of alkyl halides is 3. The Labute approximate surface area is 111 Å². The van der Waals surface area contributed by atoms with Gasteiger partial charge in [0, 0.05) is 0 Å². The molecule has 4 nitrogen and oxygen atoms in total. The first-order valence-electron chi connectivity index (χ1n) is 5.68. The average molecular weight is 279 g/mol. The second-order valence-corrected chi connectivity index (χ2v) is 4.18. The number of phenols is 1. The topological polar surface area (TPSA) is 50.9 Å². The van der Waals surface area contributed by atoms with Crippen LogP contribution in [0.1, 0.15) is 5.56 Å². The van der Waals surface area contributed by atoms with Crippen LogP contribution in [-0.4, -0.2) is 20.1 Å². The maximum Gasteiger partial charge on any atom is 0.416 e. The molecule has 0 saturated carbocycles. The van der Waals surface area contributed by atoms with Crippen LogP contribution in [0.4, 0.5) is 13.2 Å². The number of halogens is 3. The molecule has 3 rings (SSSR count). The highest BCUT2D eigenvalue weighted by Gasteiger charge is 2.31. The molecule has 20 heavy (non-hydrogen) atoms. The predicted molar refractivity (Wildman–Crippen MR) is 65.5 cm³/mol. The number of nitrogens with zero attached hydrogens (tertiary/aromatic N) is 3. The van der Waals surface area contributed by atoms with Crippen LogP contribution in [0.15, 0.2) is 42.5 Å². The molecule has 0 saturated heterocycles. The molecule has 1 heterocycles. The van der Waals surface area contributed by atoms with E-state index in [0.717, 1.165) is 23.0 Å². The number of fused-ring (bicyclic) bond motifs is 1. The van der Waals surface area contributed by atoms with Gasteiger partial charge < -0.3 is 5.11 Å². The van der Waals surface area contributed by atoms with E-state index in [2.05, 4.69) is 10.2 Å². The highest BCUT2D eigenvalue weighted by atomic mass is 19.4. The largest absolute Gasteiger partial charge is 0.506 e. The lowest BCUT2D eigenvalue weighted by atomic mass is 10.2. The van der Waals surface area contributed by atoms with Crippen molar-refractivity contribution in [3.05, 3.63) is 48.0 Å². The summed E-state index contributed by atoms with van der Waals surface area (Å²) in [6, 6.07) is 9.45. The summed E-state index contributed by atoms with van der Waals surface area (Å²) >= 11 is 0. The summed E-state index contributed by atoms with van der Waals surface area (Å²) in [4.78, 5) is 0.995. The number of aromatic nitrogens is 3. The molecular weight excluding hydrogens is 271 g/mol. The summed E-state index contributed by atoms with van der Waals surface area (Å²) in [5.41, 5.74) is 0.0799. The third-order valence-corrected chi connectivity index (χ3v) is 2.80. The zero-order valence-corrected chi connectivity index (χ0v) is 9.96. The molecule has 0 bridgehead atoms. The Kier molecular flexibility index (Phi) is 2.63. The van der Waals surface area contributed by atoms with Gasteiger partial charge in [-0.3, -0.25) is 0 Å². The van der Waals surface area contributed by atoms with Crippen LogP contribution in [0.5, 0.6) is 5.75 Å². The van der Waals surface area contributed by atoms with E-state index in [4.69, 9.17) is 0 Å². The lowest BCUT2D eigenvalue weighted by Crippen LogP contribution is -2.07. The number of hydrogen-bond acceptors (Lipinski definition) is 3. The third-order valence-electron chi connectivity index (χ3n) is 2.80. The zero-order valence-electron chi connectivity index (χ0n) is 9.96. The first-order chi connectivity index (χ1) is 9.45. The van der Waals surface area contributed by atoms with E-state index < -0.39 is 11.7 Å². The minimum absolute atomic E-state index is 0.115. The van der Waals surface area contributed by atoms with Crippen LogP contribution < -0.4 is 0 Å². The molecule has 7 heteroatoms. The van der Waals surface area contributed by atoms with Crippen molar-refractivity contribution in [2.45, 2.75) is 6.18 Å². The first kappa shape index (κ1) is 12.5. The van der Waals surface area contributed by atoms with Crippen molar-refractivity contribution in [1.82, 2.24) is 15.0 Å². The number of rotatable bonds is 1. The maximum absolute atomic E-state index is 12.7. The van der Waals surface area contributed by atoms with E-state index >= 15 is 0 Å². The molecule has 0 fully saturated rings. The van der Waals surface area contributed by atoms with Gasteiger partial charge in [-0.15, -0.1) is 15.0 Å². The van der Waals surface area contributed by atoms with Gasteiger partial charge in [0.15, 0.2) is 0 Å². The summed E-state index contributed by atoms with van der Waals surface area (Å²) in [6.07, 6.45) is -4.49. The van der Waals surface area contributed by atoms with Crippen molar-refractivity contribution in [3.63, 3.8) is 0 Å². The van der Waals surface area contributed by atoms with Crippen molar-refractivity contribution in [2.75, 3.05) is 0 Å². The Bertz CT molecular complexity index is 747. The summed E-state index contributed by atoms with van der Waals surface area (Å²) in [5.74, 6) is -0.321. The van der Waals surface area contributed by atoms with E-state index in [1.807, 2.05) is 0 Å². The zero-order chi connectivity index (χ0) is 14.3. The highest BCUT2D eigenvalue weighted by molar-refractivity contribution is 5.73. The van der Waals surface area contributed by atoms with Gasteiger partial charge in [0.25, 0.3) is 0 Å². The summed E-state index contributed by atoms with van der Waals surface area (Å²) in [7, 11) is 0. The average Bonchev–Trinajstić information content (AvgIpc) is 2.81.